The summed E-state index contributed by atoms with van der Waals surface area (Å²) >= 11 is 0. The van der Waals surface area contributed by atoms with Crippen LogP contribution >= 0.6 is 0 Å². The molecule has 0 radical (unpaired) electrons. The average molecular weight is 1050 g/mol. The van der Waals surface area contributed by atoms with Gasteiger partial charge in [0.2, 0.25) is 11.8 Å². The van der Waals surface area contributed by atoms with Gasteiger partial charge >= 0.3 is 6.01 Å². The highest BCUT2D eigenvalue weighted by molar-refractivity contribution is 6.06. The Balaban J connectivity index is 0.635. The van der Waals surface area contributed by atoms with Gasteiger partial charge in [-0.2, -0.15) is 9.97 Å². The van der Waals surface area contributed by atoms with Crippen LogP contribution in [-0.4, -0.2) is 172 Å². The van der Waals surface area contributed by atoms with Gasteiger partial charge in [-0.05, 0) is 111 Å². The second kappa shape index (κ2) is 20.0. The molecule has 8 aliphatic heterocycles. The zero-order valence-electron chi connectivity index (χ0n) is 43.2. The zero-order chi connectivity index (χ0) is 52.7. The third kappa shape index (κ3) is 9.38. The maximum atomic E-state index is 17.3. The van der Waals surface area contributed by atoms with E-state index < -0.39 is 35.3 Å². The van der Waals surface area contributed by atoms with Gasteiger partial charge in [0.25, 0.3) is 5.91 Å². The number of alkyl halides is 1. The van der Waals surface area contributed by atoms with Crippen LogP contribution in [0.1, 0.15) is 79.3 Å². The van der Waals surface area contributed by atoms with Crippen molar-refractivity contribution < 1.29 is 37.4 Å². The highest BCUT2D eigenvalue weighted by Gasteiger charge is 2.53. The molecule has 0 aliphatic carbocycles. The molecular weight excluding hydrogens is 988 g/mol. The van der Waals surface area contributed by atoms with Crippen LogP contribution in [0.3, 0.4) is 0 Å². The van der Waals surface area contributed by atoms with Gasteiger partial charge in [-0.25, -0.2) is 13.2 Å². The van der Waals surface area contributed by atoms with Crippen molar-refractivity contribution in [1.29, 1.82) is 0 Å². The molecular formula is C58H64F3N11O5. The summed E-state index contributed by atoms with van der Waals surface area (Å²) in [4.78, 5) is 65.3. The molecule has 7 saturated heterocycles. The fraction of sp³-hybridized carbons (Fsp3) is 0.517. The number of benzene rings is 3. The van der Waals surface area contributed by atoms with Crippen molar-refractivity contribution in [1.82, 2.24) is 45.2 Å². The average Bonchev–Trinajstić information content (AvgIpc) is 4.20. The molecule has 3 amide bonds. The van der Waals surface area contributed by atoms with E-state index in [4.69, 9.17) is 21.1 Å². The molecule has 0 saturated carbocycles. The molecule has 3 N–H and O–H groups in total. The lowest BCUT2D eigenvalue weighted by Gasteiger charge is -2.39. The summed E-state index contributed by atoms with van der Waals surface area (Å²) in [6.07, 6.45) is 13.3. The second-order valence-corrected chi connectivity index (χ2v) is 23.1. The number of carbonyl (C=O) groups excluding carboxylic acids is 3. The summed E-state index contributed by atoms with van der Waals surface area (Å²) in [6.45, 7) is 11.0. The number of aromatic nitrogens is 3. The lowest BCUT2D eigenvalue weighted by molar-refractivity contribution is -0.136. The van der Waals surface area contributed by atoms with Gasteiger partial charge in [0, 0.05) is 132 Å². The molecule has 1 unspecified atom stereocenters. The van der Waals surface area contributed by atoms with Crippen LogP contribution in [0, 0.1) is 35.8 Å². The summed E-state index contributed by atoms with van der Waals surface area (Å²) < 4.78 is 54.4. The van der Waals surface area contributed by atoms with Gasteiger partial charge in [0.1, 0.15) is 47.4 Å². The Bertz CT molecular complexity index is 3220. The first-order valence-electron chi connectivity index (χ1n) is 27.6. The van der Waals surface area contributed by atoms with E-state index in [-0.39, 0.29) is 76.4 Å². The van der Waals surface area contributed by atoms with Gasteiger partial charge in [-0.3, -0.25) is 29.6 Å². The Morgan fingerprint density at radius 1 is 0.844 bits per heavy atom. The van der Waals surface area contributed by atoms with Crippen LogP contribution in [0.4, 0.5) is 24.7 Å². The third-order valence-electron chi connectivity index (χ3n) is 18.2. The number of amides is 3. The third-order valence-corrected chi connectivity index (χ3v) is 18.2. The number of hydrogen-bond donors (Lipinski definition) is 3. The lowest BCUT2D eigenvalue weighted by Crippen LogP contribution is -2.52. The number of phenolic OH excluding ortho intramolecular Hbond substituents is 1. The number of piperazine rings is 2. The standard InChI is InChI=1S/C58H64F3N11O5/c1-2-43-47(60)8-3-36-22-42(73)23-45(50(36)43)52-51(61)53-46(26-62-52)54(70-31-39-4-5-40(32-70)63-39)66-57(65-53)77-33-58-24-35(28-71(58)30-38(59)25-58)11-14-67-17-19-68(20-18-67)27-34-12-15-69(16-13-34)41-6-7-44-37(21-41)29-72(56(44)76)48-9-10-49(74)64-55(48)75/h1,3,6-8,21-23,26,34-35,38-40,48,63,73H,4-5,9-20,24-25,27-33H2,(H,64,74,75)/t35-,38+,39-,40+,48?,58-/m0/s1. The minimum atomic E-state index is -0.990. The fourth-order valence-electron chi connectivity index (χ4n) is 14.3. The number of nitrogens with one attached hydrogen (secondary N) is 2. The number of fused-ring (bicyclic) bond motifs is 6. The fourth-order valence-corrected chi connectivity index (χ4v) is 14.3. The van der Waals surface area contributed by atoms with Crippen molar-refractivity contribution in [3.63, 3.8) is 0 Å². The molecule has 2 aromatic heterocycles. The summed E-state index contributed by atoms with van der Waals surface area (Å²) in [5, 5.41) is 17.9. The normalized spacial score (nSPS) is 27.2. The van der Waals surface area contributed by atoms with E-state index in [2.05, 4.69) is 52.1 Å². The molecule has 16 nitrogen and oxygen atoms in total. The number of phenols is 1. The number of imide groups is 1. The SMILES string of the molecule is C#Cc1c(F)ccc2cc(O)cc(-c3ncc4c(N5C[C@H]6CC[C@@H](C5)N6)nc(OC[C@]56C[C@@H](F)CN5C[C@@H](CCN5CCN(CC7CCN(c8ccc9c(c8)CN(C8CCC(=O)NC8=O)C9=O)CC7)CC5)C6)nc4c3F)c12. The Morgan fingerprint density at radius 2 is 1.64 bits per heavy atom. The predicted octanol–water partition coefficient (Wildman–Crippen LogP) is 5.62. The van der Waals surface area contributed by atoms with Gasteiger partial charge < -0.3 is 39.7 Å². The van der Waals surface area contributed by atoms with E-state index in [1.165, 1.54) is 30.5 Å². The van der Waals surface area contributed by atoms with Crippen molar-refractivity contribution in [2.75, 3.05) is 94.9 Å². The number of rotatable bonds is 12. The van der Waals surface area contributed by atoms with Crippen molar-refractivity contribution in [2.24, 2.45) is 11.8 Å². The summed E-state index contributed by atoms with van der Waals surface area (Å²) in [6, 6.07) is 11.4. The highest BCUT2D eigenvalue weighted by Crippen LogP contribution is 2.45. The van der Waals surface area contributed by atoms with Crippen molar-refractivity contribution in [3.05, 3.63) is 77.0 Å². The number of anilines is 2. The Kier molecular flexibility index (Phi) is 13.0. The van der Waals surface area contributed by atoms with Crippen molar-refractivity contribution >= 4 is 50.9 Å². The molecule has 6 atom stereocenters. The Labute approximate surface area is 445 Å². The Morgan fingerprint density at radius 3 is 2.42 bits per heavy atom. The number of aromatic hydroxyl groups is 1. The van der Waals surface area contributed by atoms with Gasteiger partial charge in [0.05, 0.1) is 16.5 Å². The number of pyridine rings is 1. The molecule has 7 fully saturated rings. The first-order valence-corrected chi connectivity index (χ1v) is 27.6. The molecule has 13 rings (SSSR count). The number of hydrogen-bond acceptors (Lipinski definition) is 14. The number of terminal acetylenes is 1. The monoisotopic (exact) mass is 1050 g/mol. The summed E-state index contributed by atoms with van der Waals surface area (Å²) in [7, 11) is 0. The maximum Gasteiger partial charge on any atom is 0.319 e. The van der Waals surface area contributed by atoms with E-state index in [9.17, 15) is 19.5 Å². The minimum Gasteiger partial charge on any atom is -0.508 e. The molecule has 0 spiro atoms. The first-order chi connectivity index (χ1) is 37.3. The molecule has 8 aliphatic rings. The lowest BCUT2D eigenvalue weighted by atomic mass is 9.89. The van der Waals surface area contributed by atoms with E-state index in [1.807, 2.05) is 12.1 Å². The smallest absolute Gasteiger partial charge is 0.319 e. The van der Waals surface area contributed by atoms with Gasteiger partial charge in [0.15, 0.2) is 5.82 Å². The quantitative estimate of drug-likeness (QED) is 0.104. The topological polar surface area (TPSA) is 163 Å². The molecule has 402 valence electrons. The Hall–Kier alpha value is -6.59. The van der Waals surface area contributed by atoms with E-state index in [1.54, 1.807) is 4.90 Å². The molecule has 77 heavy (non-hydrogen) atoms. The molecule has 5 aromatic rings. The van der Waals surface area contributed by atoms with Crippen molar-refractivity contribution in [3.8, 4) is 35.4 Å². The van der Waals surface area contributed by atoms with Crippen LogP contribution < -0.4 is 25.2 Å². The summed E-state index contributed by atoms with van der Waals surface area (Å²) in [5.41, 5.74) is 2.03. The molecule has 10 heterocycles. The molecule has 3 aromatic carbocycles. The first kappa shape index (κ1) is 49.9. The number of ether oxygens (including phenoxy) is 1. The number of carbonyl (C=O) groups is 3. The van der Waals surface area contributed by atoms with Crippen LogP contribution in [0.5, 0.6) is 11.8 Å². The predicted molar refractivity (Wildman–Crippen MR) is 284 cm³/mol. The van der Waals surface area contributed by atoms with Gasteiger partial charge in [-0.15, -0.1) is 6.42 Å². The molecule has 2 bridgehead atoms. The second-order valence-electron chi connectivity index (χ2n) is 23.1. The number of piperidine rings is 2. The maximum absolute atomic E-state index is 17.3. The number of nitrogens with zero attached hydrogens (tertiary/aromatic N) is 9. The van der Waals surface area contributed by atoms with E-state index in [0.29, 0.717) is 73.0 Å². The van der Waals surface area contributed by atoms with Gasteiger partial charge in [-0.1, -0.05) is 12.0 Å². The number of halogens is 3. The minimum absolute atomic E-state index is 0.00604. The van der Waals surface area contributed by atoms with E-state index in [0.717, 1.165) is 109 Å². The van der Waals surface area contributed by atoms with Crippen LogP contribution in [0.15, 0.2) is 48.7 Å². The molecule has 19 heteroatoms. The van der Waals surface area contributed by atoms with Crippen LogP contribution in [0.25, 0.3) is 32.9 Å². The highest BCUT2D eigenvalue weighted by atomic mass is 19.1. The zero-order valence-corrected chi connectivity index (χ0v) is 43.2. The van der Waals surface area contributed by atoms with Crippen molar-refractivity contribution in [2.45, 2.75) is 94.2 Å². The van der Waals surface area contributed by atoms with Crippen LogP contribution in [0.2, 0.25) is 0 Å². The largest absolute Gasteiger partial charge is 0.508 e. The summed E-state index contributed by atoms with van der Waals surface area (Å²) in [5.74, 6) is 1.46. The van der Waals surface area contributed by atoms with E-state index >= 15 is 13.2 Å². The van der Waals surface area contributed by atoms with Crippen LogP contribution in [-0.2, 0) is 16.1 Å².